The molecule has 0 aliphatic heterocycles. The number of anilines is 1. The predicted molar refractivity (Wildman–Crippen MR) is 45.3 cm³/mol. The van der Waals surface area contributed by atoms with Crippen molar-refractivity contribution in [3.8, 4) is 0 Å². The molecule has 1 aromatic rings. The highest BCUT2D eigenvalue weighted by atomic mass is 35.5. The van der Waals surface area contributed by atoms with Crippen molar-refractivity contribution in [2.75, 3.05) is 11.2 Å². The Labute approximate surface area is 74.9 Å². The van der Waals surface area contributed by atoms with Crippen molar-refractivity contribution in [2.24, 2.45) is 0 Å². The smallest absolute Gasteiger partial charge is 0.239 e. The van der Waals surface area contributed by atoms with Gasteiger partial charge in [-0.15, -0.1) is 11.6 Å². The molecule has 0 saturated heterocycles. The van der Waals surface area contributed by atoms with Gasteiger partial charge in [-0.25, -0.2) is 0 Å². The molecular formula is C7H9ClN2O2. The zero-order valence-corrected chi connectivity index (χ0v) is 7.60. The van der Waals surface area contributed by atoms with Gasteiger partial charge in [0, 0.05) is 0 Å². The van der Waals surface area contributed by atoms with Gasteiger partial charge in [0.2, 0.25) is 5.91 Å². The van der Waals surface area contributed by atoms with Crippen molar-refractivity contribution in [2.45, 2.75) is 13.8 Å². The molecule has 0 bridgehead atoms. The molecule has 0 aliphatic carbocycles. The van der Waals surface area contributed by atoms with Crippen LogP contribution in [0.25, 0.3) is 0 Å². The normalized spacial score (nSPS) is 9.92. The Morgan fingerprint density at radius 2 is 2.33 bits per heavy atom. The first-order valence-electron chi connectivity index (χ1n) is 3.44. The SMILES string of the molecule is Cc1noc(C)c1NC(=O)CCl. The van der Waals surface area contributed by atoms with Crippen molar-refractivity contribution < 1.29 is 9.32 Å². The molecule has 0 atom stereocenters. The quantitative estimate of drug-likeness (QED) is 0.716. The molecule has 0 unspecified atom stereocenters. The molecule has 12 heavy (non-hydrogen) atoms. The Hall–Kier alpha value is -1.03. The second-order valence-electron chi connectivity index (χ2n) is 2.38. The van der Waals surface area contributed by atoms with Gasteiger partial charge in [-0.1, -0.05) is 5.16 Å². The number of carbonyl (C=O) groups excluding carboxylic acids is 1. The van der Waals surface area contributed by atoms with Gasteiger partial charge in [-0.2, -0.15) is 0 Å². The fourth-order valence-electron chi connectivity index (χ4n) is 0.834. The number of hydrogen-bond donors (Lipinski definition) is 1. The minimum atomic E-state index is -0.258. The first-order valence-corrected chi connectivity index (χ1v) is 3.97. The van der Waals surface area contributed by atoms with Crippen molar-refractivity contribution in [3.63, 3.8) is 0 Å². The van der Waals surface area contributed by atoms with E-state index in [1.165, 1.54) is 0 Å². The standard InChI is InChI=1S/C7H9ClN2O2/c1-4-7(5(2)12-10-4)9-6(11)3-8/h3H2,1-2H3,(H,9,11). The van der Waals surface area contributed by atoms with Crippen LogP contribution < -0.4 is 5.32 Å². The number of aryl methyl sites for hydroxylation is 2. The molecule has 0 saturated carbocycles. The molecule has 0 aliphatic rings. The molecule has 66 valence electrons. The van der Waals surface area contributed by atoms with Crippen molar-refractivity contribution in [1.29, 1.82) is 0 Å². The average molecular weight is 189 g/mol. The highest BCUT2D eigenvalue weighted by Crippen LogP contribution is 2.18. The molecule has 1 heterocycles. The van der Waals surface area contributed by atoms with Crippen LogP contribution in [0, 0.1) is 13.8 Å². The molecule has 0 aromatic carbocycles. The lowest BCUT2D eigenvalue weighted by Crippen LogP contribution is -2.13. The van der Waals surface area contributed by atoms with Gasteiger partial charge in [-0.3, -0.25) is 4.79 Å². The maximum atomic E-state index is 10.9. The lowest BCUT2D eigenvalue weighted by Gasteiger charge is -1.99. The Kier molecular flexibility index (Phi) is 2.70. The van der Waals surface area contributed by atoms with Gasteiger partial charge in [0.05, 0.1) is 0 Å². The second-order valence-corrected chi connectivity index (χ2v) is 2.65. The average Bonchev–Trinajstić information content (AvgIpc) is 2.35. The number of halogens is 1. The molecule has 0 spiro atoms. The Morgan fingerprint density at radius 3 is 2.75 bits per heavy atom. The Bertz CT molecular complexity index is 276. The van der Waals surface area contributed by atoms with Gasteiger partial charge in [0.25, 0.3) is 0 Å². The Morgan fingerprint density at radius 1 is 1.67 bits per heavy atom. The van der Waals surface area contributed by atoms with E-state index in [0.717, 1.165) is 0 Å². The maximum Gasteiger partial charge on any atom is 0.239 e. The second kappa shape index (κ2) is 3.58. The summed E-state index contributed by atoms with van der Waals surface area (Å²) >= 11 is 5.31. The molecule has 0 radical (unpaired) electrons. The minimum Gasteiger partial charge on any atom is -0.359 e. The summed E-state index contributed by atoms with van der Waals surface area (Å²) in [5, 5.41) is 6.25. The third kappa shape index (κ3) is 1.76. The van der Waals surface area contributed by atoms with Crippen LogP contribution in [-0.4, -0.2) is 16.9 Å². The molecule has 1 aromatic heterocycles. The summed E-state index contributed by atoms with van der Waals surface area (Å²) in [5.41, 5.74) is 1.27. The van der Waals surface area contributed by atoms with E-state index in [2.05, 4.69) is 10.5 Å². The van der Waals surface area contributed by atoms with Crippen molar-refractivity contribution in [3.05, 3.63) is 11.5 Å². The summed E-state index contributed by atoms with van der Waals surface area (Å²) in [4.78, 5) is 10.9. The summed E-state index contributed by atoms with van der Waals surface area (Å²) < 4.78 is 4.83. The molecule has 5 heteroatoms. The summed E-state index contributed by atoms with van der Waals surface area (Å²) in [6, 6.07) is 0. The largest absolute Gasteiger partial charge is 0.359 e. The molecule has 0 fully saturated rings. The van der Waals surface area contributed by atoms with Crippen LogP contribution in [0.2, 0.25) is 0 Å². The Balaban J connectivity index is 2.80. The number of hydrogen-bond acceptors (Lipinski definition) is 3. The van der Waals surface area contributed by atoms with E-state index in [4.69, 9.17) is 16.1 Å². The van der Waals surface area contributed by atoms with Crippen LogP contribution >= 0.6 is 11.6 Å². The fraction of sp³-hybridized carbons (Fsp3) is 0.429. The van der Waals surface area contributed by atoms with Crippen LogP contribution in [-0.2, 0) is 4.79 Å². The van der Waals surface area contributed by atoms with Crippen LogP contribution in [0.3, 0.4) is 0 Å². The van der Waals surface area contributed by atoms with Crippen molar-refractivity contribution in [1.82, 2.24) is 5.16 Å². The summed E-state index contributed by atoms with van der Waals surface area (Å²) in [6.45, 7) is 3.48. The molecule has 1 N–H and O–H groups in total. The third-order valence-corrected chi connectivity index (χ3v) is 1.66. The maximum absolute atomic E-state index is 10.9. The lowest BCUT2D eigenvalue weighted by molar-refractivity contribution is -0.113. The molecule has 1 rings (SSSR count). The summed E-state index contributed by atoms with van der Waals surface area (Å²) in [7, 11) is 0. The van der Waals surface area contributed by atoms with E-state index in [0.29, 0.717) is 17.1 Å². The molecule has 4 nitrogen and oxygen atoms in total. The van der Waals surface area contributed by atoms with E-state index in [1.54, 1.807) is 13.8 Å². The zero-order valence-electron chi connectivity index (χ0n) is 6.85. The number of amides is 1. The van der Waals surface area contributed by atoms with Gasteiger partial charge >= 0.3 is 0 Å². The highest BCUT2D eigenvalue weighted by molar-refractivity contribution is 6.29. The first kappa shape index (κ1) is 9.06. The third-order valence-electron chi connectivity index (χ3n) is 1.42. The van der Waals surface area contributed by atoms with E-state index in [9.17, 15) is 4.79 Å². The van der Waals surface area contributed by atoms with Crippen LogP contribution in [0.15, 0.2) is 4.52 Å². The number of carbonyl (C=O) groups is 1. The van der Waals surface area contributed by atoms with Gasteiger partial charge in [-0.05, 0) is 13.8 Å². The predicted octanol–water partition coefficient (Wildman–Crippen LogP) is 1.47. The molecule has 1 amide bonds. The van der Waals surface area contributed by atoms with Gasteiger partial charge in [0.15, 0.2) is 5.76 Å². The van der Waals surface area contributed by atoms with E-state index in [1.807, 2.05) is 0 Å². The number of nitrogens with one attached hydrogen (secondary N) is 1. The van der Waals surface area contributed by atoms with Crippen LogP contribution in [0.1, 0.15) is 11.5 Å². The van der Waals surface area contributed by atoms with Crippen LogP contribution in [0.5, 0.6) is 0 Å². The first-order chi connectivity index (χ1) is 5.65. The monoisotopic (exact) mass is 188 g/mol. The number of rotatable bonds is 2. The van der Waals surface area contributed by atoms with E-state index < -0.39 is 0 Å². The minimum absolute atomic E-state index is 0.0654. The molecular weight excluding hydrogens is 180 g/mol. The van der Waals surface area contributed by atoms with Gasteiger partial charge < -0.3 is 9.84 Å². The van der Waals surface area contributed by atoms with Gasteiger partial charge in [0.1, 0.15) is 17.3 Å². The number of aromatic nitrogens is 1. The lowest BCUT2D eigenvalue weighted by atomic mass is 10.3. The van der Waals surface area contributed by atoms with E-state index >= 15 is 0 Å². The highest BCUT2D eigenvalue weighted by Gasteiger charge is 2.10. The summed E-state index contributed by atoms with van der Waals surface area (Å²) in [6.07, 6.45) is 0. The van der Waals surface area contributed by atoms with Crippen molar-refractivity contribution >= 4 is 23.2 Å². The number of nitrogens with zero attached hydrogens (tertiary/aromatic N) is 1. The van der Waals surface area contributed by atoms with E-state index in [-0.39, 0.29) is 11.8 Å². The van der Waals surface area contributed by atoms with Crippen LogP contribution in [0.4, 0.5) is 5.69 Å². The zero-order chi connectivity index (χ0) is 9.14. The summed E-state index contributed by atoms with van der Waals surface area (Å²) in [5.74, 6) is 0.265. The fourth-order valence-corrected chi connectivity index (χ4v) is 0.901. The topological polar surface area (TPSA) is 55.1 Å². The number of alkyl halides is 1.